The molecule has 1 fully saturated rings. The van der Waals surface area contributed by atoms with Crippen molar-refractivity contribution in [2.75, 3.05) is 32.0 Å². The van der Waals surface area contributed by atoms with Crippen LogP contribution in [0.4, 0.5) is 10.1 Å². The largest absolute Gasteiger partial charge is 0.334 e. The van der Waals surface area contributed by atoms with E-state index in [9.17, 15) is 9.18 Å². The molecule has 1 aromatic carbocycles. The second-order valence-electron chi connectivity index (χ2n) is 7.56. The van der Waals surface area contributed by atoms with Crippen LogP contribution in [0.2, 0.25) is 0 Å². The van der Waals surface area contributed by atoms with Gasteiger partial charge in [0.25, 0.3) is 5.89 Å². The summed E-state index contributed by atoms with van der Waals surface area (Å²) >= 11 is 0. The SMILES string of the molecule is CN1CCNCC1c1noc(-c2cc(NC(=O)C(C)(C)C)ccc2F)n1.Cl. The van der Waals surface area contributed by atoms with Crippen LogP contribution in [0.15, 0.2) is 22.7 Å². The fourth-order valence-electron chi connectivity index (χ4n) is 2.66. The van der Waals surface area contributed by atoms with Gasteiger partial charge in [0.2, 0.25) is 5.91 Å². The van der Waals surface area contributed by atoms with Gasteiger partial charge in [-0.2, -0.15) is 4.98 Å². The Morgan fingerprint density at radius 2 is 2.15 bits per heavy atom. The third kappa shape index (κ3) is 4.82. The number of halogens is 2. The number of anilines is 1. The molecule has 0 aliphatic carbocycles. The number of aromatic nitrogens is 2. The fraction of sp³-hybridized carbons (Fsp3) is 0.500. The highest BCUT2D eigenvalue weighted by atomic mass is 35.5. The van der Waals surface area contributed by atoms with E-state index in [1.165, 1.54) is 18.2 Å². The van der Waals surface area contributed by atoms with Gasteiger partial charge in [-0.15, -0.1) is 12.4 Å². The molecule has 0 radical (unpaired) electrons. The summed E-state index contributed by atoms with van der Waals surface area (Å²) in [5.41, 5.74) is 0.101. The van der Waals surface area contributed by atoms with E-state index in [4.69, 9.17) is 4.52 Å². The van der Waals surface area contributed by atoms with Crippen LogP contribution < -0.4 is 10.6 Å². The maximum absolute atomic E-state index is 14.3. The maximum Gasteiger partial charge on any atom is 0.261 e. The number of piperazine rings is 1. The predicted molar refractivity (Wildman–Crippen MR) is 103 cm³/mol. The third-order valence-corrected chi connectivity index (χ3v) is 4.39. The zero-order chi connectivity index (χ0) is 18.9. The molecule has 0 bridgehead atoms. The van der Waals surface area contributed by atoms with E-state index in [0.29, 0.717) is 18.1 Å². The number of amides is 1. The Morgan fingerprint density at radius 1 is 1.41 bits per heavy atom. The van der Waals surface area contributed by atoms with Crippen molar-refractivity contribution in [1.29, 1.82) is 0 Å². The van der Waals surface area contributed by atoms with Crippen molar-refractivity contribution >= 4 is 24.0 Å². The molecule has 1 atom stereocenters. The molecule has 1 aliphatic heterocycles. The highest BCUT2D eigenvalue weighted by molar-refractivity contribution is 5.94. The number of nitrogens with zero attached hydrogens (tertiary/aromatic N) is 3. The Bertz CT molecular complexity index is 805. The van der Waals surface area contributed by atoms with Gasteiger partial charge in [-0.25, -0.2) is 4.39 Å². The van der Waals surface area contributed by atoms with Gasteiger partial charge in [0.15, 0.2) is 5.82 Å². The zero-order valence-electron chi connectivity index (χ0n) is 15.9. The molecule has 1 amide bonds. The van der Waals surface area contributed by atoms with Gasteiger partial charge >= 0.3 is 0 Å². The number of likely N-dealkylation sites (N-methyl/N-ethyl adjacent to an activating group) is 1. The second-order valence-corrected chi connectivity index (χ2v) is 7.56. The van der Waals surface area contributed by atoms with Crippen molar-refractivity contribution in [1.82, 2.24) is 20.4 Å². The number of hydrogen-bond donors (Lipinski definition) is 2. The van der Waals surface area contributed by atoms with Crippen LogP contribution in [0.1, 0.15) is 32.6 Å². The molecule has 1 unspecified atom stereocenters. The first kappa shape index (κ1) is 21.3. The van der Waals surface area contributed by atoms with Crippen molar-refractivity contribution in [3.05, 3.63) is 29.8 Å². The molecule has 2 heterocycles. The average molecular weight is 398 g/mol. The van der Waals surface area contributed by atoms with E-state index in [0.717, 1.165) is 13.1 Å². The number of benzene rings is 1. The monoisotopic (exact) mass is 397 g/mol. The minimum atomic E-state index is -0.551. The summed E-state index contributed by atoms with van der Waals surface area (Å²) in [5.74, 6) is -0.0261. The Balaban J connectivity index is 0.00000261. The molecule has 1 aromatic heterocycles. The Labute approximate surface area is 164 Å². The van der Waals surface area contributed by atoms with Crippen molar-refractivity contribution in [3.63, 3.8) is 0 Å². The molecule has 1 saturated heterocycles. The number of rotatable bonds is 3. The Hall–Kier alpha value is -2.03. The first-order valence-corrected chi connectivity index (χ1v) is 8.61. The average Bonchev–Trinajstić information content (AvgIpc) is 3.05. The fourth-order valence-corrected chi connectivity index (χ4v) is 2.66. The van der Waals surface area contributed by atoms with Gasteiger partial charge in [-0.05, 0) is 25.2 Å². The van der Waals surface area contributed by atoms with Crippen molar-refractivity contribution in [2.45, 2.75) is 26.8 Å². The van der Waals surface area contributed by atoms with Crippen LogP contribution in [0.25, 0.3) is 11.5 Å². The van der Waals surface area contributed by atoms with Gasteiger partial charge in [0.05, 0.1) is 11.6 Å². The standard InChI is InChI=1S/C18H24FN5O2.ClH/c1-18(2,3)17(25)21-11-5-6-13(19)12(9-11)16-22-15(23-26-16)14-10-20-7-8-24(14)4;/h5-6,9,14,20H,7-8,10H2,1-4H3,(H,21,25);1H. The number of carbonyl (C=O) groups is 1. The van der Waals surface area contributed by atoms with E-state index in [1.54, 1.807) is 0 Å². The summed E-state index contributed by atoms with van der Waals surface area (Å²) in [6.07, 6.45) is 0. The van der Waals surface area contributed by atoms with Crippen molar-refractivity contribution < 1.29 is 13.7 Å². The first-order valence-electron chi connectivity index (χ1n) is 8.61. The molecular formula is C18H25ClFN5O2. The molecule has 0 saturated carbocycles. The van der Waals surface area contributed by atoms with Crippen LogP contribution in [0, 0.1) is 11.2 Å². The maximum atomic E-state index is 14.3. The highest BCUT2D eigenvalue weighted by Crippen LogP contribution is 2.28. The van der Waals surface area contributed by atoms with E-state index in [-0.39, 0.29) is 35.8 Å². The minimum absolute atomic E-state index is 0. The number of nitrogens with one attached hydrogen (secondary N) is 2. The summed E-state index contributed by atoms with van der Waals surface area (Å²) < 4.78 is 19.6. The van der Waals surface area contributed by atoms with Gasteiger partial charge in [-0.3, -0.25) is 9.69 Å². The summed E-state index contributed by atoms with van der Waals surface area (Å²) in [4.78, 5) is 18.6. The van der Waals surface area contributed by atoms with Gasteiger partial charge in [-0.1, -0.05) is 25.9 Å². The van der Waals surface area contributed by atoms with E-state index < -0.39 is 11.2 Å². The quantitative estimate of drug-likeness (QED) is 0.828. The minimum Gasteiger partial charge on any atom is -0.334 e. The van der Waals surface area contributed by atoms with Crippen LogP contribution in [-0.2, 0) is 4.79 Å². The predicted octanol–water partition coefficient (Wildman–Crippen LogP) is 2.86. The van der Waals surface area contributed by atoms with Gasteiger partial charge < -0.3 is 15.2 Å². The molecule has 2 aromatic rings. The number of hydrogen-bond acceptors (Lipinski definition) is 6. The Morgan fingerprint density at radius 3 is 2.81 bits per heavy atom. The zero-order valence-corrected chi connectivity index (χ0v) is 16.7. The molecule has 27 heavy (non-hydrogen) atoms. The van der Waals surface area contributed by atoms with Gasteiger partial charge in [0, 0.05) is 30.7 Å². The topological polar surface area (TPSA) is 83.3 Å². The lowest BCUT2D eigenvalue weighted by Crippen LogP contribution is -2.44. The second kappa shape index (κ2) is 8.33. The normalized spacial score (nSPS) is 18.0. The first-order chi connectivity index (χ1) is 12.3. The smallest absolute Gasteiger partial charge is 0.261 e. The van der Waals surface area contributed by atoms with Gasteiger partial charge in [0.1, 0.15) is 5.82 Å². The Kier molecular flexibility index (Phi) is 6.56. The molecule has 7 nitrogen and oxygen atoms in total. The summed E-state index contributed by atoms with van der Waals surface area (Å²) in [6, 6.07) is 4.29. The van der Waals surface area contributed by atoms with Crippen LogP contribution in [-0.4, -0.2) is 47.6 Å². The molecule has 0 spiro atoms. The highest BCUT2D eigenvalue weighted by Gasteiger charge is 2.26. The third-order valence-electron chi connectivity index (χ3n) is 4.39. The molecule has 9 heteroatoms. The molecule has 148 valence electrons. The lowest BCUT2D eigenvalue weighted by Gasteiger charge is -2.30. The van der Waals surface area contributed by atoms with Crippen LogP contribution in [0.5, 0.6) is 0 Å². The molecule has 1 aliphatic rings. The summed E-state index contributed by atoms with van der Waals surface area (Å²) in [5, 5.41) is 10.1. The van der Waals surface area contributed by atoms with Crippen molar-refractivity contribution in [2.24, 2.45) is 5.41 Å². The number of carbonyl (C=O) groups excluding carboxylic acids is 1. The summed E-state index contributed by atoms with van der Waals surface area (Å²) in [6.45, 7) is 7.92. The van der Waals surface area contributed by atoms with E-state index >= 15 is 0 Å². The molecular weight excluding hydrogens is 373 g/mol. The van der Waals surface area contributed by atoms with E-state index in [2.05, 4.69) is 25.7 Å². The van der Waals surface area contributed by atoms with Crippen LogP contribution >= 0.6 is 12.4 Å². The molecule has 2 N–H and O–H groups in total. The van der Waals surface area contributed by atoms with Crippen molar-refractivity contribution in [3.8, 4) is 11.5 Å². The summed E-state index contributed by atoms with van der Waals surface area (Å²) in [7, 11) is 1.99. The lowest BCUT2D eigenvalue weighted by molar-refractivity contribution is -0.123. The molecule has 3 rings (SSSR count). The van der Waals surface area contributed by atoms with Crippen LogP contribution in [0.3, 0.4) is 0 Å². The van der Waals surface area contributed by atoms with E-state index in [1.807, 2.05) is 27.8 Å². The lowest BCUT2D eigenvalue weighted by atomic mass is 9.95.